The second-order valence-electron chi connectivity index (χ2n) is 5.30. The summed E-state index contributed by atoms with van der Waals surface area (Å²) in [5, 5.41) is 2.49. The number of anilines is 1. The van der Waals surface area contributed by atoms with Crippen LogP contribution in [0.15, 0.2) is 42.5 Å². The monoisotopic (exact) mass is 347 g/mol. The predicted molar refractivity (Wildman–Crippen MR) is 86.3 cm³/mol. The van der Waals surface area contributed by atoms with Crippen LogP contribution in [0.4, 0.5) is 14.5 Å². The predicted octanol–water partition coefficient (Wildman–Crippen LogP) is 3.35. The van der Waals surface area contributed by atoms with Crippen molar-refractivity contribution < 1.29 is 27.9 Å². The van der Waals surface area contributed by atoms with Crippen molar-refractivity contribution in [2.45, 2.75) is 20.0 Å². The second kappa shape index (κ2) is 7.65. The number of benzene rings is 2. The lowest BCUT2D eigenvalue weighted by atomic mass is 10.1. The van der Waals surface area contributed by atoms with E-state index in [4.69, 9.17) is 4.74 Å². The minimum atomic E-state index is -1.24. The summed E-state index contributed by atoms with van der Waals surface area (Å²) in [4.78, 5) is 35.6. The Morgan fingerprint density at radius 1 is 1.04 bits per heavy atom. The lowest BCUT2D eigenvalue weighted by molar-refractivity contribution is -0.123. The zero-order chi connectivity index (χ0) is 18.6. The van der Waals surface area contributed by atoms with Crippen LogP contribution in [-0.4, -0.2) is 23.8 Å². The summed E-state index contributed by atoms with van der Waals surface area (Å²) in [5.74, 6) is -3.82. The molecular formula is C18H15F2NO4. The molecule has 0 spiro atoms. The molecule has 0 bridgehead atoms. The first-order chi connectivity index (χ1) is 11.8. The molecule has 2 aromatic carbocycles. The first-order valence-corrected chi connectivity index (χ1v) is 7.36. The van der Waals surface area contributed by atoms with E-state index in [1.807, 2.05) is 0 Å². The van der Waals surface area contributed by atoms with Gasteiger partial charge in [-0.15, -0.1) is 0 Å². The third kappa shape index (κ3) is 4.69. The molecule has 2 rings (SSSR count). The molecule has 0 unspecified atom stereocenters. The number of hydrogen-bond acceptors (Lipinski definition) is 4. The highest BCUT2D eigenvalue weighted by molar-refractivity contribution is 6.05. The molecule has 1 N–H and O–H groups in total. The molecule has 0 saturated carbocycles. The maximum absolute atomic E-state index is 13.1. The summed E-state index contributed by atoms with van der Waals surface area (Å²) in [7, 11) is 0. The van der Waals surface area contributed by atoms with E-state index < -0.39 is 29.6 Å². The number of rotatable bonds is 5. The maximum atomic E-state index is 13.1. The lowest BCUT2D eigenvalue weighted by Crippen LogP contribution is -2.30. The second-order valence-corrected chi connectivity index (χ2v) is 5.30. The zero-order valence-electron chi connectivity index (χ0n) is 13.5. The highest BCUT2D eigenvalue weighted by atomic mass is 19.1. The van der Waals surface area contributed by atoms with Crippen LogP contribution >= 0.6 is 0 Å². The van der Waals surface area contributed by atoms with E-state index >= 15 is 0 Å². The van der Waals surface area contributed by atoms with Gasteiger partial charge in [-0.2, -0.15) is 0 Å². The maximum Gasteiger partial charge on any atom is 0.339 e. The Morgan fingerprint density at radius 3 is 2.24 bits per heavy atom. The fourth-order valence-corrected chi connectivity index (χ4v) is 2.09. The average molecular weight is 347 g/mol. The van der Waals surface area contributed by atoms with E-state index in [2.05, 4.69) is 5.32 Å². The Labute approximate surface area is 142 Å². The molecule has 0 aliphatic carbocycles. The molecule has 1 atom stereocenters. The highest BCUT2D eigenvalue weighted by Gasteiger charge is 2.21. The van der Waals surface area contributed by atoms with E-state index in [9.17, 15) is 23.2 Å². The topological polar surface area (TPSA) is 72.5 Å². The van der Waals surface area contributed by atoms with Crippen LogP contribution in [0.1, 0.15) is 34.6 Å². The van der Waals surface area contributed by atoms with E-state index in [1.165, 1.54) is 19.9 Å². The quantitative estimate of drug-likeness (QED) is 0.665. The summed E-state index contributed by atoms with van der Waals surface area (Å²) >= 11 is 0. The number of hydrogen-bond donors (Lipinski definition) is 1. The van der Waals surface area contributed by atoms with Gasteiger partial charge >= 0.3 is 5.97 Å². The lowest BCUT2D eigenvalue weighted by Gasteiger charge is -2.15. The zero-order valence-corrected chi connectivity index (χ0v) is 13.5. The summed E-state index contributed by atoms with van der Waals surface area (Å²) in [5.41, 5.74) is 0.238. The van der Waals surface area contributed by atoms with Crippen molar-refractivity contribution in [3.05, 3.63) is 65.2 Å². The Kier molecular flexibility index (Phi) is 5.59. The Bertz CT molecular complexity index is 815. The van der Waals surface area contributed by atoms with Gasteiger partial charge < -0.3 is 10.1 Å². The summed E-state index contributed by atoms with van der Waals surface area (Å²) in [6.45, 7) is 2.66. The van der Waals surface area contributed by atoms with E-state index in [0.29, 0.717) is 11.6 Å². The molecule has 0 radical (unpaired) electrons. The van der Waals surface area contributed by atoms with Crippen LogP contribution in [0, 0.1) is 11.6 Å². The number of ether oxygens (including phenoxy) is 1. The molecule has 2 aromatic rings. The van der Waals surface area contributed by atoms with Crippen molar-refractivity contribution in [2.24, 2.45) is 0 Å². The van der Waals surface area contributed by atoms with Gasteiger partial charge in [0.25, 0.3) is 5.91 Å². The average Bonchev–Trinajstić information content (AvgIpc) is 2.54. The van der Waals surface area contributed by atoms with Gasteiger partial charge in [0.05, 0.1) is 11.3 Å². The van der Waals surface area contributed by atoms with Gasteiger partial charge in [0, 0.05) is 11.6 Å². The van der Waals surface area contributed by atoms with Crippen molar-refractivity contribution >= 4 is 23.3 Å². The van der Waals surface area contributed by atoms with Gasteiger partial charge in [-0.1, -0.05) is 12.1 Å². The minimum Gasteiger partial charge on any atom is -0.449 e. The molecule has 0 aromatic heterocycles. The van der Waals surface area contributed by atoms with Crippen LogP contribution in [0.25, 0.3) is 0 Å². The number of ketones is 1. The van der Waals surface area contributed by atoms with Crippen molar-refractivity contribution in [2.75, 3.05) is 5.32 Å². The standard InChI is InChI=1S/C18H15F2NO4/c1-10(22)15-5-3-4-6-16(15)21-17(23)11(2)25-18(24)12-7-13(19)9-14(20)8-12/h3-9,11H,1-2H3,(H,21,23)/t11-/m0/s1. The fourth-order valence-electron chi connectivity index (χ4n) is 2.09. The number of Topliss-reactive ketones (excluding diaryl/α,β-unsaturated/α-hetero) is 1. The van der Waals surface area contributed by atoms with Crippen LogP contribution in [0.5, 0.6) is 0 Å². The van der Waals surface area contributed by atoms with Crippen LogP contribution in [0.2, 0.25) is 0 Å². The van der Waals surface area contributed by atoms with Crippen molar-refractivity contribution in [3.8, 4) is 0 Å². The minimum absolute atomic E-state index is 0.240. The molecular weight excluding hydrogens is 332 g/mol. The number of esters is 1. The van der Waals surface area contributed by atoms with Gasteiger partial charge in [-0.25, -0.2) is 13.6 Å². The number of halogens is 2. The number of amides is 1. The highest BCUT2D eigenvalue weighted by Crippen LogP contribution is 2.17. The van der Waals surface area contributed by atoms with Gasteiger partial charge in [0.2, 0.25) is 0 Å². The number of para-hydroxylation sites is 1. The smallest absolute Gasteiger partial charge is 0.339 e. The summed E-state index contributed by atoms with van der Waals surface area (Å²) in [6.07, 6.45) is -1.24. The Balaban J connectivity index is 2.08. The molecule has 130 valence electrons. The van der Waals surface area contributed by atoms with Crippen molar-refractivity contribution in [1.82, 2.24) is 0 Å². The molecule has 0 aliphatic heterocycles. The van der Waals surface area contributed by atoms with Gasteiger partial charge in [-0.05, 0) is 38.1 Å². The first kappa shape index (κ1) is 18.3. The third-order valence-electron chi connectivity index (χ3n) is 3.32. The Morgan fingerprint density at radius 2 is 1.64 bits per heavy atom. The number of nitrogens with one attached hydrogen (secondary N) is 1. The molecule has 7 heteroatoms. The number of carbonyl (C=O) groups excluding carboxylic acids is 3. The van der Waals surface area contributed by atoms with Gasteiger partial charge in [0.1, 0.15) is 11.6 Å². The van der Waals surface area contributed by atoms with E-state index in [0.717, 1.165) is 12.1 Å². The molecule has 25 heavy (non-hydrogen) atoms. The normalized spacial score (nSPS) is 11.5. The summed E-state index contributed by atoms with van der Waals surface area (Å²) in [6, 6.07) is 8.59. The van der Waals surface area contributed by atoms with Crippen LogP contribution < -0.4 is 5.32 Å². The van der Waals surface area contributed by atoms with Crippen LogP contribution in [-0.2, 0) is 9.53 Å². The molecule has 5 nitrogen and oxygen atoms in total. The van der Waals surface area contributed by atoms with Crippen molar-refractivity contribution in [1.29, 1.82) is 0 Å². The molecule has 1 amide bonds. The number of carbonyl (C=O) groups is 3. The molecule has 0 fully saturated rings. The van der Waals surface area contributed by atoms with Gasteiger partial charge in [-0.3, -0.25) is 9.59 Å². The Hall–Kier alpha value is -3.09. The summed E-state index contributed by atoms with van der Waals surface area (Å²) < 4.78 is 31.2. The SMILES string of the molecule is CC(=O)c1ccccc1NC(=O)[C@H](C)OC(=O)c1cc(F)cc(F)c1. The third-order valence-corrected chi connectivity index (χ3v) is 3.32. The van der Waals surface area contributed by atoms with Gasteiger partial charge in [0.15, 0.2) is 11.9 Å². The fraction of sp³-hybridized carbons (Fsp3) is 0.167. The molecule has 0 heterocycles. The largest absolute Gasteiger partial charge is 0.449 e. The van der Waals surface area contributed by atoms with E-state index in [1.54, 1.807) is 18.2 Å². The van der Waals surface area contributed by atoms with Crippen LogP contribution in [0.3, 0.4) is 0 Å². The van der Waals surface area contributed by atoms with E-state index in [-0.39, 0.29) is 17.0 Å². The van der Waals surface area contributed by atoms with Crippen molar-refractivity contribution in [3.63, 3.8) is 0 Å². The first-order valence-electron chi connectivity index (χ1n) is 7.36. The molecule has 0 saturated heterocycles. The molecule has 0 aliphatic rings.